The van der Waals surface area contributed by atoms with E-state index in [1.807, 2.05) is 13.0 Å². The molecule has 2 fully saturated rings. The first-order valence-corrected chi connectivity index (χ1v) is 12.2. The number of fused-ring (bicyclic) bond motifs is 2. The van der Waals surface area contributed by atoms with Gasteiger partial charge in [0.25, 0.3) is 5.91 Å². The number of imide groups is 2. The normalized spacial score (nSPS) is 24.8. The highest BCUT2D eigenvalue weighted by atomic mass is 16.5. The van der Waals surface area contributed by atoms with Crippen LogP contribution in [-0.4, -0.2) is 48.1 Å². The van der Waals surface area contributed by atoms with Crippen molar-refractivity contribution in [2.24, 2.45) is 0 Å². The maximum atomic E-state index is 13.3. The predicted octanol–water partition coefficient (Wildman–Crippen LogP) is 1.99. The number of ether oxygens (including phenoxy) is 1. The standard InChI is InChI=1S/C28H25N3O7/c1-14-6-20-16(7-19(14)27(2)10-22(32)29-25(27)35)8-21(38-20)28(11-23(33)30-26(28)36)13-31-12-15-4-5-17(37-3)9-18(15)24(31)34/h4-9H,10-13H2,1-3H3,(H,29,32,35)(H,30,33,36)/t27?,28-/m1/s1. The summed E-state index contributed by atoms with van der Waals surface area (Å²) >= 11 is 0. The van der Waals surface area contributed by atoms with Gasteiger partial charge in [-0.15, -0.1) is 0 Å². The lowest BCUT2D eigenvalue weighted by atomic mass is 9.78. The molecule has 10 nitrogen and oxygen atoms in total. The number of benzene rings is 2. The smallest absolute Gasteiger partial charge is 0.254 e. The Labute approximate surface area is 217 Å². The van der Waals surface area contributed by atoms with E-state index in [4.69, 9.17) is 9.15 Å². The highest BCUT2D eigenvalue weighted by molar-refractivity contribution is 6.11. The molecule has 2 aromatic carbocycles. The quantitative estimate of drug-likeness (QED) is 0.496. The average molecular weight is 516 g/mol. The molecule has 1 unspecified atom stereocenters. The van der Waals surface area contributed by atoms with Crippen LogP contribution in [0.3, 0.4) is 0 Å². The Morgan fingerprint density at radius 2 is 1.71 bits per heavy atom. The minimum Gasteiger partial charge on any atom is -0.497 e. The summed E-state index contributed by atoms with van der Waals surface area (Å²) < 4.78 is 11.4. The zero-order chi connectivity index (χ0) is 27.0. The molecule has 4 heterocycles. The summed E-state index contributed by atoms with van der Waals surface area (Å²) in [5.74, 6) is -1.14. The molecule has 2 N–H and O–H groups in total. The second-order valence-corrected chi connectivity index (χ2v) is 10.5. The number of carbonyl (C=O) groups is 5. The summed E-state index contributed by atoms with van der Waals surface area (Å²) in [6.45, 7) is 3.78. The molecule has 5 amide bonds. The van der Waals surface area contributed by atoms with E-state index in [0.29, 0.717) is 27.8 Å². The van der Waals surface area contributed by atoms with Crippen molar-refractivity contribution in [2.75, 3.05) is 13.7 Å². The minimum absolute atomic E-state index is 0.0339. The summed E-state index contributed by atoms with van der Waals surface area (Å²) in [6, 6.07) is 10.5. The van der Waals surface area contributed by atoms with Crippen LogP contribution in [0.4, 0.5) is 0 Å². The van der Waals surface area contributed by atoms with Gasteiger partial charge in [-0.05, 0) is 60.9 Å². The van der Waals surface area contributed by atoms with Gasteiger partial charge in [-0.25, -0.2) is 0 Å². The van der Waals surface area contributed by atoms with Crippen LogP contribution in [0.25, 0.3) is 11.0 Å². The van der Waals surface area contributed by atoms with Crippen LogP contribution < -0.4 is 15.4 Å². The van der Waals surface area contributed by atoms with Gasteiger partial charge >= 0.3 is 0 Å². The lowest BCUT2D eigenvalue weighted by Gasteiger charge is -2.28. The van der Waals surface area contributed by atoms with Crippen LogP contribution in [-0.2, 0) is 36.6 Å². The molecule has 3 aliphatic rings. The monoisotopic (exact) mass is 515 g/mol. The Balaban J connectivity index is 1.41. The molecule has 6 rings (SSSR count). The first-order chi connectivity index (χ1) is 18.0. The lowest BCUT2D eigenvalue weighted by molar-refractivity contribution is -0.128. The lowest BCUT2D eigenvalue weighted by Crippen LogP contribution is -2.46. The molecule has 2 atom stereocenters. The van der Waals surface area contributed by atoms with E-state index >= 15 is 0 Å². The molecular weight excluding hydrogens is 490 g/mol. The van der Waals surface area contributed by atoms with Crippen molar-refractivity contribution in [3.8, 4) is 5.75 Å². The van der Waals surface area contributed by atoms with E-state index in [0.717, 1.165) is 11.1 Å². The topological polar surface area (TPSA) is 135 Å². The van der Waals surface area contributed by atoms with Crippen molar-refractivity contribution in [1.82, 2.24) is 15.5 Å². The summed E-state index contributed by atoms with van der Waals surface area (Å²) in [6.07, 6.45) is -0.137. The van der Waals surface area contributed by atoms with E-state index in [1.165, 1.54) is 7.11 Å². The second kappa shape index (κ2) is 8.01. The summed E-state index contributed by atoms with van der Waals surface area (Å²) in [5, 5.41) is 5.37. The largest absolute Gasteiger partial charge is 0.497 e. The highest BCUT2D eigenvalue weighted by Gasteiger charge is 2.53. The Hall–Kier alpha value is -4.47. The first-order valence-electron chi connectivity index (χ1n) is 12.2. The molecule has 0 radical (unpaired) electrons. The van der Waals surface area contributed by atoms with Crippen molar-refractivity contribution >= 4 is 40.5 Å². The van der Waals surface area contributed by atoms with Gasteiger partial charge in [0.15, 0.2) is 0 Å². The highest BCUT2D eigenvalue weighted by Crippen LogP contribution is 2.41. The average Bonchev–Trinajstić information content (AvgIpc) is 3.57. The summed E-state index contributed by atoms with van der Waals surface area (Å²) in [4.78, 5) is 65.1. The molecule has 10 heteroatoms. The number of aryl methyl sites for hydroxylation is 1. The fraction of sp³-hybridized carbons (Fsp3) is 0.321. The molecule has 1 aromatic heterocycles. The summed E-state index contributed by atoms with van der Waals surface area (Å²) in [7, 11) is 1.52. The molecule has 2 saturated heterocycles. The van der Waals surface area contributed by atoms with Crippen molar-refractivity contribution in [1.29, 1.82) is 0 Å². The number of hydrogen-bond donors (Lipinski definition) is 2. The molecule has 0 bridgehead atoms. The van der Waals surface area contributed by atoms with E-state index in [-0.39, 0.29) is 49.4 Å². The van der Waals surface area contributed by atoms with Crippen LogP contribution in [0.1, 0.15) is 52.6 Å². The number of carbonyl (C=O) groups excluding carboxylic acids is 5. The molecule has 3 aliphatic heterocycles. The Morgan fingerprint density at radius 1 is 0.974 bits per heavy atom. The van der Waals surface area contributed by atoms with Crippen LogP contribution in [0.5, 0.6) is 5.75 Å². The van der Waals surface area contributed by atoms with E-state index in [9.17, 15) is 24.0 Å². The number of furan rings is 1. The fourth-order valence-electron chi connectivity index (χ4n) is 5.92. The van der Waals surface area contributed by atoms with Crippen molar-refractivity contribution < 1.29 is 33.1 Å². The molecule has 0 saturated carbocycles. The van der Waals surface area contributed by atoms with Crippen LogP contribution in [0, 0.1) is 6.92 Å². The van der Waals surface area contributed by atoms with Crippen LogP contribution in [0.2, 0.25) is 0 Å². The third-order valence-electron chi connectivity index (χ3n) is 8.00. The number of hydrogen-bond acceptors (Lipinski definition) is 7. The molecular formula is C28H25N3O7. The first kappa shape index (κ1) is 23.9. The van der Waals surface area contributed by atoms with Gasteiger partial charge in [0.1, 0.15) is 22.5 Å². The number of amides is 5. The van der Waals surface area contributed by atoms with Gasteiger partial charge in [-0.1, -0.05) is 6.07 Å². The Bertz CT molecular complexity index is 1610. The third-order valence-corrected chi connectivity index (χ3v) is 8.00. The second-order valence-electron chi connectivity index (χ2n) is 10.5. The SMILES string of the molecule is COc1ccc2c(c1)C(=O)N(C[C@@]1(c3cc4cc(C5(C)CC(=O)NC5=O)c(C)cc4o3)CC(=O)NC1=O)C2. The van der Waals surface area contributed by atoms with Crippen LogP contribution in [0.15, 0.2) is 40.8 Å². The van der Waals surface area contributed by atoms with Gasteiger partial charge in [0, 0.05) is 30.5 Å². The number of rotatable bonds is 5. The van der Waals surface area contributed by atoms with Crippen LogP contribution >= 0.6 is 0 Å². The van der Waals surface area contributed by atoms with Gasteiger partial charge in [-0.2, -0.15) is 0 Å². The van der Waals surface area contributed by atoms with E-state index in [2.05, 4.69) is 10.6 Å². The molecule has 3 aromatic rings. The number of nitrogens with one attached hydrogen (secondary N) is 2. The predicted molar refractivity (Wildman–Crippen MR) is 133 cm³/mol. The van der Waals surface area contributed by atoms with Gasteiger partial charge < -0.3 is 14.1 Å². The maximum absolute atomic E-state index is 13.3. The zero-order valence-electron chi connectivity index (χ0n) is 21.1. The fourth-order valence-corrected chi connectivity index (χ4v) is 5.92. The maximum Gasteiger partial charge on any atom is 0.254 e. The van der Waals surface area contributed by atoms with E-state index in [1.54, 1.807) is 42.2 Å². The Morgan fingerprint density at radius 3 is 2.37 bits per heavy atom. The number of nitrogens with zero attached hydrogens (tertiary/aromatic N) is 1. The molecule has 194 valence electrons. The van der Waals surface area contributed by atoms with Gasteiger partial charge in [0.2, 0.25) is 23.6 Å². The third kappa shape index (κ3) is 3.36. The molecule has 0 aliphatic carbocycles. The minimum atomic E-state index is -1.42. The van der Waals surface area contributed by atoms with Crippen molar-refractivity contribution in [3.63, 3.8) is 0 Å². The Kier molecular flexibility index (Phi) is 5.04. The number of methoxy groups -OCH3 is 1. The zero-order valence-corrected chi connectivity index (χ0v) is 21.1. The van der Waals surface area contributed by atoms with E-state index < -0.39 is 22.6 Å². The molecule has 0 spiro atoms. The summed E-state index contributed by atoms with van der Waals surface area (Å²) in [5.41, 5.74) is 0.759. The van der Waals surface area contributed by atoms with Crippen molar-refractivity contribution in [2.45, 2.75) is 44.1 Å². The molecule has 38 heavy (non-hydrogen) atoms. The van der Waals surface area contributed by atoms with Crippen molar-refractivity contribution in [3.05, 3.63) is 64.4 Å². The van der Waals surface area contributed by atoms with Gasteiger partial charge in [0.05, 0.1) is 18.9 Å². The van der Waals surface area contributed by atoms with Gasteiger partial charge in [-0.3, -0.25) is 34.6 Å².